The van der Waals surface area contributed by atoms with Crippen molar-refractivity contribution in [2.45, 2.75) is 39.3 Å². The van der Waals surface area contributed by atoms with Crippen LogP contribution in [0.15, 0.2) is 18.2 Å². The maximum Gasteiger partial charge on any atom is 0.328 e. The summed E-state index contributed by atoms with van der Waals surface area (Å²) in [5, 5.41) is 2.30. The van der Waals surface area contributed by atoms with Crippen molar-refractivity contribution in [2.24, 2.45) is 0 Å². The number of esters is 1. The number of carbonyl (C=O) groups is 2. The van der Waals surface area contributed by atoms with Gasteiger partial charge in [0.25, 0.3) is 5.91 Å². The first kappa shape index (κ1) is 16.1. The second-order valence-corrected chi connectivity index (χ2v) is 5.35. The Hall–Kier alpha value is -1.98. The van der Waals surface area contributed by atoms with Gasteiger partial charge in [-0.25, -0.2) is 13.6 Å². The molecule has 1 N–H and O–H groups in total. The minimum atomic E-state index is -0.987. The van der Waals surface area contributed by atoms with Crippen LogP contribution in [0.1, 0.15) is 38.1 Å². The van der Waals surface area contributed by atoms with Crippen molar-refractivity contribution < 1.29 is 23.1 Å². The number of nitrogens with one attached hydrogen (secondary N) is 1. The van der Waals surface area contributed by atoms with E-state index in [-0.39, 0.29) is 5.56 Å². The SMILES string of the molecule is C[C@H](NC(=O)c1ccc(F)cc1F)C(=O)OC(C)(C)C. The van der Waals surface area contributed by atoms with Gasteiger partial charge < -0.3 is 10.1 Å². The molecule has 1 aromatic carbocycles. The highest BCUT2D eigenvalue weighted by Gasteiger charge is 2.24. The molecule has 0 saturated heterocycles. The zero-order valence-corrected chi connectivity index (χ0v) is 11.8. The monoisotopic (exact) mass is 285 g/mol. The molecular weight excluding hydrogens is 268 g/mol. The molecule has 1 atom stereocenters. The number of rotatable bonds is 3. The van der Waals surface area contributed by atoms with Gasteiger partial charge in [0, 0.05) is 6.07 Å². The minimum absolute atomic E-state index is 0.332. The van der Waals surface area contributed by atoms with E-state index in [2.05, 4.69) is 5.32 Å². The van der Waals surface area contributed by atoms with Gasteiger partial charge in [-0.1, -0.05) is 0 Å². The fourth-order valence-corrected chi connectivity index (χ4v) is 1.40. The Morgan fingerprint density at radius 3 is 2.35 bits per heavy atom. The molecule has 6 heteroatoms. The molecule has 4 nitrogen and oxygen atoms in total. The average Bonchev–Trinajstić information content (AvgIpc) is 2.26. The third-order valence-electron chi connectivity index (χ3n) is 2.28. The molecule has 0 aliphatic carbocycles. The van der Waals surface area contributed by atoms with Gasteiger partial charge in [0.15, 0.2) is 0 Å². The van der Waals surface area contributed by atoms with Gasteiger partial charge in [0.1, 0.15) is 23.3 Å². The molecule has 1 amide bonds. The molecule has 1 rings (SSSR count). The zero-order chi connectivity index (χ0) is 15.5. The quantitative estimate of drug-likeness (QED) is 0.868. The highest BCUT2D eigenvalue weighted by atomic mass is 19.1. The summed E-state index contributed by atoms with van der Waals surface area (Å²) in [7, 11) is 0. The summed E-state index contributed by atoms with van der Waals surface area (Å²) in [5.74, 6) is -3.20. The molecule has 0 spiro atoms. The summed E-state index contributed by atoms with van der Waals surface area (Å²) < 4.78 is 31.2. The predicted molar refractivity (Wildman–Crippen MR) is 69.1 cm³/mol. The van der Waals surface area contributed by atoms with Crippen molar-refractivity contribution in [2.75, 3.05) is 0 Å². The van der Waals surface area contributed by atoms with E-state index >= 15 is 0 Å². The van der Waals surface area contributed by atoms with E-state index in [1.807, 2.05) is 0 Å². The van der Waals surface area contributed by atoms with E-state index in [1.165, 1.54) is 6.92 Å². The zero-order valence-electron chi connectivity index (χ0n) is 11.8. The summed E-state index contributed by atoms with van der Waals surface area (Å²) >= 11 is 0. The number of carbonyl (C=O) groups excluding carboxylic acids is 2. The van der Waals surface area contributed by atoms with E-state index in [1.54, 1.807) is 20.8 Å². The second-order valence-electron chi connectivity index (χ2n) is 5.35. The van der Waals surface area contributed by atoms with E-state index in [9.17, 15) is 18.4 Å². The van der Waals surface area contributed by atoms with Gasteiger partial charge in [0.05, 0.1) is 5.56 Å². The fraction of sp³-hybridized carbons (Fsp3) is 0.429. The van der Waals surface area contributed by atoms with Crippen LogP contribution in [0.5, 0.6) is 0 Å². The molecule has 0 aliphatic rings. The lowest BCUT2D eigenvalue weighted by Gasteiger charge is -2.22. The van der Waals surface area contributed by atoms with Crippen LogP contribution in [0.2, 0.25) is 0 Å². The third-order valence-corrected chi connectivity index (χ3v) is 2.28. The Kier molecular flexibility index (Phi) is 4.81. The molecule has 0 radical (unpaired) electrons. The normalized spacial score (nSPS) is 12.7. The fourth-order valence-electron chi connectivity index (χ4n) is 1.40. The smallest absolute Gasteiger partial charge is 0.328 e. The summed E-state index contributed by atoms with van der Waals surface area (Å²) in [6, 6.07) is 1.65. The van der Waals surface area contributed by atoms with Crippen molar-refractivity contribution in [3.05, 3.63) is 35.4 Å². The summed E-state index contributed by atoms with van der Waals surface area (Å²) in [6.07, 6.45) is 0. The first-order chi connectivity index (χ1) is 9.10. The van der Waals surface area contributed by atoms with E-state index < -0.39 is 35.2 Å². The van der Waals surface area contributed by atoms with Gasteiger partial charge in [-0.05, 0) is 39.8 Å². The number of hydrogen-bond donors (Lipinski definition) is 1. The van der Waals surface area contributed by atoms with Crippen molar-refractivity contribution in [1.29, 1.82) is 0 Å². The molecule has 0 heterocycles. The Morgan fingerprint density at radius 1 is 1.25 bits per heavy atom. The number of benzene rings is 1. The van der Waals surface area contributed by atoms with E-state index in [0.717, 1.165) is 12.1 Å². The topological polar surface area (TPSA) is 55.4 Å². The van der Waals surface area contributed by atoms with Gasteiger partial charge in [-0.3, -0.25) is 4.79 Å². The standard InChI is InChI=1S/C14H17F2NO3/c1-8(13(19)20-14(2,3)4)17-12(18)10-6-5-9(15)7-11(10)16/h5-8H,1-4H3,(H,17,18)/t8-/m0/s1. The maximum absolute atomic E-state index is 13.4. The van der Waals surface area contributed by atoms with Crippen LogP contribution in [0.3, 0.4) is 0 Å². The largest absolute Gasteiger partial charge is 0.458 e. The van der Waals surface area contributed by atoms with Gasteiger partial charge in [0.2, 0.25) is 0 Å². The third kappa shape index (κ3) is 4.60. The van der Waals surface area contributed by atoms with Crippen LogP contribution in [0.25, 0.3) is 0 Å². The number of ether oxygens (including phenoxy) is 1. The van der Waals surface area contributed by atoms with Crippen molar-refractivity contribution >= 4 is 11.9 Å². The average molecular weight is 285 g/mol. The van der Waals surface area contributed by atoms with Crippen LogP contribution >= 0.6 is 0 Å². The first-order valence-electron chi connectivity index (χ1n) is 6.09. The van der Waals surface area contributed by atoms with E-state index in [4.69, 9.17) is 4.74 Å². The van der Waals surface area contributed by atoms with Crippen LogP contribution < -0.4 is 5.32 Å². The molecule has 1 aromatic rings. The Labute approximate surface area is 116 Å². The molecule has 20 heavy (non-hydrogen) atoms. The number of hydrogen-bond acceptors (Lipinski definition) is 3. The Morgan fingerprint density at radius 2 is 1.85 bits per heavy atom. The minimum Gasteiger partial charge on any atom is -0.458 e. The van der Waals surface area contributed by atoms with Crippen molar-refractivity contribution in [1.82, 2.24) is 5.32 Å². The lowest BCUT2D eigenvalue weighted by molar-refractivity contribution is -0.156. The van der Waals surface area contributed by atoms with E-state index in [0.29, 0.717) is 6.07 Å². The first-order valence-corrected chi connectivity index (χ1v) is 6.09. The van der Waals surface area contributed by atoms with Crippen molar-refractivity contribution in [3.63, 3.8) is 0 Å². The molecule has 110 valence electrons. The van der Waals surface area contributed by atoms with Crippen LogP contribution in [0.4, 0.5) is 8.78 Å². The molecule has 0 unspecified atom stereocenters. The van der Waals surface area contributed by atoms with Gasteiger partial charge >= 0.3 is 5.97 Å². The molecule has 0 fully saturated rings. The second kappa shape index (κ2) is 5.98. The van der Waals surface area contributed by atoms with Crippen LogP contribution in [-0.4, -0.2) is 23.5 Å². The molecule has 0 aliphatic heterocycles. The van der Waals surface area contributed by atoms with Crippen LogP contribution in [-0.2, 0) is 9.53 Å². The molecular formula is C14H17F2NO3. The van der Waals surface area contributed by atoms with Gasteiger partial charge in [-0.15, -0.1) is 0 Å². The lowest BCUT2D eigenvalue weighted by Crippen LogP contribution is -2.42. The predicted octanol–water partition coefficient (Wildman–Crippen LogP) is 2.42. The summed E-state index contributed by atoms with van der Waals surface area (Å²) in [4.78, 5) is 23.4. The Bertz CT molecular complexity index is 524. The number of halogens is 2. The summed E-state index contributed by atoms with van der Waals surface area (Å²) in [6.45, 7) is 6.50. The molecule has 0 saturated carbocycles. The van der Waals surface area contributed by atoms with Crippen LogP contribution in [0, 0.1) is 11.6 Å². The maximum atomic E-state index is 13.4. The highest BCUT2D eigenvalue weighted by molar-refractivity contribution is 5.96. The summed E-state index contributed by atoms with van der Waals surface area (Å²) in [5.41, 5.74) is -1.01. The van der Waals surface area contributed by atoms with Crippen molar-refractivity contribution in [3.8, 4) is 0 Å². The molecule has 0 aromatic heterocycles. The highest BCUT2D eigenvalue weighted by Crippen LogP contribution is 2.11. The Balaban J connectivity index is 2.73. The lowest BCUT2D eigenvalue weighted by atomic mass is 10.1. The molecule has 0 bridgehead atoms. The van der Waals surface area contributed by atoms with Gasteiger partial charge in [-0.2, -0.15) is 0 Å². The number of amides is 1.